The van der Waals surface area contributed by atoms with Crippen molar-refractivity contribution in [2.45, 2.75) is 19.4 Å². The average molecular weight is 268 g/mol. The Morgan fingerprint density at radius 3 is 2.78 bits per heavy atom. The van der Waals surface area contributed by atoms with E-state index in [9.17, 15) is 9.59 Å². The number of hydrogen-bond donors (Lipinski definition) is 2. The van der Waals surface area contributed by atoms with E-state index in [0.717, 1.165) is 5.56 Å². The first-order valence-corrected chi connectivity index (χ1v) is 6.88. The summed E-state index contributed by atoms with van der Waals surface area (Å²) in [5.41, 5.74) is 1.24. The second-order valence-electron chi connectivity index (χ2n) is 3.90. The van der Waals surface area contributed by atoms with Gasteiger partial charge in [-0.3, -0.25) is 9.78 Å². The minimum atomic E-state index is -1.02. The lowest BCUT2D eigenvalue weighted by atomic mass is 10.1. The summed E-state index contributed by atoms with van der Waals surface area (Å²) in [6.07, 6.45) is 5.36. The van der Waals surface area contributed by atoms with Crippen LogP contribution in [0, 0.1) is 6.92 Å². The van der Waals surface area contributed by atoms with E-state index in [1.165, 1.54) is 6.20 Å². The number of carbonyl (C=O) groups excluding carboxylic acids is 1. The fourth-order valence-electron chi connectivity index (χ4n) is 1.41. The minimum Gasteiger partial charge on any atom is -0.480 e. The molecule has 5 nitrogen and oxygen atoms in total. The van der Waals surface area contributed by atoms with Crippen molar-refractivity contribution >= 4 is 23.6 Å². The van der Waals surface area contributed by atoms with Crippen molar-refractivity contribution < 1.29 is 14.7 Å². The predicted octanol–water partition coefficient (Wildman–Crippen LogP) is 1.33. The van der Waals surface area contributed by atoms with Crippen LogP contribution in [-0.4, -0.2) is 40.0 Å². The molecule has 2 N–H and O–H groups in total. The maximum absolute atomic E-state index is 11.9. The number of hydrogen-bond acceptors (Lipinski definition) is 4. The molecule has 0 saturated heterocycles. The van der Waals surface area contributed by atoms with Gasteiger partial charge in [0.15, 0.2) is 0 Å². The zero-order valence-corrected chi connectivity index (χ0v) is 11.2. The Balaban J connectivity index is 2.69. The van der Waals surface area contributed by atoms with Gasteiger partial charge in [0.25, 0.3) is 5.91 Å². The molecule has 6 heteroatoms. The van der Waals surface area contributed by atoms with Crippen molar-refractivity contribution in [1.82, 2.24) is 10.3 Å². The van der Waals surface area contributed by atoms with E-state index in [1.807, 2.05) is 13.2 Å². The number of aromatic nitrogens is 1. The second-order valence-corrected chi connectivity index (χ2v) is 4.88. The van der Waals surface area contributed by atoms with E-state index in [1.54, 1.807) is 24.0 Å². The summed E-state index contributed by atoms with van der Waals surface area (Å²) in [6, 6.07) is 0.820. The lowest BCUT2D eigenvalue weighted by Crippen LogP contribution is -2.41. The van der Waals surface area contributed by atoms with E-state index in [2.05, 4.69) is 10.3 Å². The lowest BCUT2D eigenvalue weighted by molar-refractivity contribution is -0.139. The van der Waals surface area contributed by atoms with Crippen LogP contribution in [0.1, 0.15) is 22.3 Å². The van der Waals surface area contributed by atoms with Gasteiger partial charge in [0, 0.05) is 12.4 Å². The number of nitrogens with one attached hydrogen (secondary N) is 1. The monoisotopic (exact) mass is 268 g/mol. The van der Waals surface area contributed by atoms with Gasteiger partial charge in [0.05, 0.1) is 5.56 Å². The van der Waals surface area contributed by atoms with Gasteiger partial charge in [-0.15, -0.1) is 0 Å². The predicted molar refractivity (Wildman–Crippen MR) is 70.9 cm³/mol. The molecule has 0 aliphatic rings. The Morgan fingerprint density at radius 1 is 1.50 bits per heavy atom. The number of carboxylic acids is 1. The second kappa shape index (κ2) is 7.00. The fraction of sp³-hybridized carbons (Fsp3) is 0.417. The molecule has 1 rings (SSSR count). The molecule has 0 saturated carbocycles. The molecule has 0 bridgehead atoms. The molecule has 1 atom stereocenters. The first-order chi connectivity index (χ1) is 8.54. The summed E-state index contributed by atoms with van der Waals surface area (Å²) < 4.78 is 0. The Morgan fingerprint density at radius 2 is 2.22 bits per heavy atom. The molecule has 1 aromatic heterocycles. The van der Waals surface area contributed by atoms with Gasteiger partial charge < -0.3 is 10.4 Å². The van der Waals surface area contributed by atoms with E-state index >= 15 is 0 Å². The van der Waals surface area contributed by atoms with Crippen LogP contribution in [0.4, 0.5) is 0 Å². The largest absolute Gasteiger partial charge is 0.480 e. The maximum atomic E-state index is 11.9. The molecule has 0 spiro atoms. The van der Waals surface area contributed by atoms with E-state index in [4.69, 9.17) is 5.11 Å². The lowest BCUT2D eigenvalue weighted by Gasteiger charge is -2.13. The first kappa shape index (κ1) is 14.5. The number of aliphatic carboxylic acids is 1. The fourth-order valence-corrected chi connectivity index (χ4v) is 1.89. The molecule has 18 heavy (non-hydrogen) atoms. The third-order valence-corrected chi connectivity index (χ3v) is 3.00. The maximum Gasteiger partial charge on any atom is 0.326 e. The molecule has 0 unspecified atom stereocenters. The van der Waals surface area contributed by atoms with Gasteiger partial charge in [0.2, 0.25) is 0 Å². The van der Waals surface area contributed by atoms with Crippen molar-refractivity contribution in [3.63, 3.8) is 0 Å². The topological polar surface area (TPSA) is 79.3 Å². The molecule has 0 radical (unpaired) electrons. The quantitative estimate of drug-likeness (QED) is 0.813. The highest BCUT2D eigenvalue weighted by Gasteiger charge is 2.20. The molecule has 0 aromatic carbocycles. The molecular weight excluding hydrogens is 252 g/mol. The zero-order valence-electron chi connectivity index (χ0n) is 10.3. The first-order valence-electron chi connectivity index (χ1n) is 5.49. The molecule has 98 valence electrons. The van der Waals surface area contributed by atoms with Gasteiger partial charge >= 0.3 is 5.97 Å². The Kier molecular flexibility index (Phi) is 5.64. The minimum absolute atomic E-state index is 0.380. The van der Waals surface area contributed by atoms with Crippen molar-refractivity contribution in [2.75, 3.05) is 12.0 Å². The van der Waals surface area contributed by atoms with Crippen LogP contribution in [0.15, 0.2) is 18.5 Å². The van der Waals surface area contributed by atoms with Crippen molar-refractivity contribution in [3.8, 4) is 0 Å². The van der Waals surface area contributed by atoms with Crippen LogP contribution in [-0.2, 0) is 4.79 Å². The molecule has 1 aromatic rings. The van der Waals surface area contributed by atoms with E-state index in [0.29, 0.717) is 17.7 Å². The Hall–Kier alpha value is -1.56. The number of carboxylic acid groups (broad SMARTS) is 1. The summed E-state index contributed by atoms with van der Waals surface area (Å²) in [7, 11) is 0. The molecular formula is C12H16N2O3S. The van der Waals surface area contributed by atoms with Crippen LogP contribution in [0.25, 0.3) is 0 Å². The van der Waals surface area contributed by atoms with Gasteiger partial charge in [-0.05, 0) is 37.0 Å². The molecule has 0 aliphatic heterocycles. The number of rotatable bonds is 6. The third kappa shape index (κ3) is 4.37. The zero-order chi connectivity index (χ0) is 13.5. The van der Waals surface area contributed by atoms with Crippen LogP contribution >= 0.6 is 11.8 Å². The summed E-state index contributed by atoms with van der Waals surface area (Å²) in [6.45, 7) is 1.83. The smallest absolute Gasteiger partial charge is 0.326 e. The highest BCUT2D eigenvalue weighted by atomic mass is 32.2. The Bertz CT molecular complexity index is 437. The van der Waals surface area contributed by atoms with Gasteiger partial charge in [-0.1, -0.05) is 0 Å². The van der Waals surface area contributed by atoms with Crippen molar-refractivity contribution in [3.05, 3.63) is 29.6 Å². The number of amides is 1. The average Bonchev–Trinajstić information content (AvgIpc) is 2.33. The highest BCUT2D eigenvalue weighted by Crippen LogP contribution is 2.05. The number of pyridine rings is 1. The summed E-state index contributed by atoms with van der Waals surface area (Å²) in [5, 5.41) is 11.5. The highest BCUT2D eigenvalue weighted by molar-refractivity contribution is 7.98. The van der Waals surface area contributed by atoms with Crippen LogP contribution < -0.4 is 5.32 Å². The molecule has 1 heterocycles. The molecule has 0 fully saturated rings. The number of thioether (sulfide) groups is 1. The van der Waals surface area contributed by atoms with Crippen LogP contribution in [0.2, 0.25) is 0 Å². The number of nitrogens with zero attached hydrogens (tertiary/aromatic N) is 1. The standard InChI is InChI=1S/C12H16N2O3S/c1-8-5-9(7-13-6-8)11(15)14-10(12(16)17)3-4-18-2/h5-7,10H,3-4H2,1-2H3,(H,14,15)(H,16,17)/t10-/m1/s1. The number of carbonyl (C=O) groups is 2. The van der Waals surface area contributed by atoms with Gasteiger partial charge in [-0.25, -0.2) is 4.79 Å². The third-order valence-electron chi connectivity index (χ3n) is 2.35. The summed E-state index contributed by atoms with van der Waals surface area (Å²) in [5.74, 6) is -0.735. The van der Waals surface area contributed by atoms with Crippen molar-refractivity contribution in [2.24, 2.45) is 0 Å². The normalized spacial score (nSPS) is 11.9. The van der Waals surface area contributed by atoms with Crippen molar-refractivity contribution in [1.29, 1.82) is 0 Å². The summed E-state index contributed by atoms with van der Waals surface area (Å²) in [4.78, 5) is 26.8. The summed E-state index contributed by atoms with van der Waals surface area (Å²) >= 11 is 1.55. The van der Waals surface area contributed by atoms with Gasteiger partial charge in [0.1, 0.15) is 6.04 Å². The molecule has 0 aliphatic carbocycles. The van der Waals surface area contributed by atoms with E-state index in [-0.39, 0.29) is 0 Å². The SMILES string of the molecule is CSCC[C@@H](NC(=O)c1cncc(C)c1)C(=O)O. The van der Waals surface area contributed by atoms with E-state index < -0.39 is 17.9 Å². The number of aryl methyl sites for hydroxylation is 1. The van der Waals surface area contributed by atoms with Crippen LogP contribution in [0.5, 0.6) is 0 Å². The Labute approximate surface area is 110 Å². The van der Waals surface area contributed by atoms with Crippen LogP contribution in [0.3, 0.4) is 0 Å². The molecule has 1 amide bonds. The van der Waals surface area contributed by atoms with Gasteiger partial charge in [-0.2, -0.15) is 11.8 Å².